The van der Waals surface area contributed by atoms with Gasteiger partial charge in [-0.1, -0.05) is 12.1 Å². The first-order valence-electron chi connectivity index (χ1n) is 7.19. The van der Waals surface area contributed by atoms with Gasteiger partial charge in [0.2, 0.25) is 11.7 Å². The van der Waals surface area contributed by atoms with Crippen molar-refractivity contribution in [2.24, 2.45) is 5.73 Å². The highest BCUT2D eigenvalue weighted by atomic mass is 16.5. The van der Waals surface area contributed by atoms with Crippen LogP contribution in [-0.4, -0.2) is 47.3 Å². The minimum atomic E-state index is -0.0544. The zero-order valence-electron chi connectivity index (χ0n) is 11.4. The van der Waals surface area contributed by atoms with Crippen LogP contribution in [0.15, 0.2) is 4.52 Å². The first kappa shape index (κ1) is 13.0. The van der Waals surface area contributed by atoms with Crippen molar-refractivity contribution in [2.45, 2.75) is 44.2 Å². The van der Waals surface area contributed by atoms with Gasteiger partial charge in [0.05, 0.1) is 6.61 Å². The van der Waals surface area contributed by atoms with Crippen LogP contribution in [0.4, 0.5) is 0 Å². The predicted octanol–water partition coefficient (Wildman–Crippen LogP) is 1.06. The Labute approximate surface area is 113 Å². The van der Waals surface area contributed by atoms with Crippen LogP contribution in [0.1, 0.15) is 49.9 Å². The maximum absolute atomic E-state index is 5.93. The molecule has 1 saturated heterocycles. The maximum Gasteiger partial charge on any atom is 0.229 e. The number of morpholine rings is 1. The third-order valence-electron chi connectivity index (χ3n) is 4.17. The number of hydrogen-bond donors (Lipinski definition) is 1. The third kappa shape index (κ3) is 2.80. The van der Waals surface area contributed by atoms with Gasteiger partial charge in [-0.15, -0.1) is 0 Å². The first-order valence-corrected chi connectivity index (χ1v) is 7.19. The molecule has 19 heavy (non-hydrogen) atoms. The Bertz CT molecular complexity index is 423. The summed E-state index contributed by atoms with van der Waals surface area (Å²) in [6.07, 6.45) is 3.00. The van der Waals surface area contributed by atoms with E-state index in [1.54, 1.807) is 0 Å². The van der Waals surface area contributed by atoms with Crippen LogP contribution >= 0.6 is 0 Å². The van der Waals surface area contributed by atoms with Gasteiger partial charge in [0, 0.05) is 25.0 Å². The monoisotopic (exact) mass is 266 g/mol. The second-order valence-electron chi connectivity index (χ2n) is 5.51. The Hall–Kier alpha value is -0.980. The molecule has 1 aromatic rings. The number of ether oxygens (including phenoxy) is 1. The van der Waals surface area contributed by atoms with Gasteiger partial charge in [0.1, 0.15) is 6.10 Å². The van der Waals surface area contributed by atoms with Gasteiger partial charge in [-0.2, -0.15) is 4.98 Å². The molecule has 2 aliphatic rings. The minimum Gasteiger partial charge on any atom is -0.367 e. The zero-order chi connectivity index (χ0) is 13.2. The number of likely N-dealkylation sites (N-methyl/N-ethyl adjacent to an activating group) is 1. The normalized spacial score (nSPS) is 32.8. The van der Waals surface area contributed by atoms with Crippen LogP contribution in [0.5, 0.6) is 0 Å². The van der Waals surface area contributed by atoms with E-state index < -0.39 is 0 Å². The lowest BCUT2D eigenvalue weighted by Gasteiger charge is -2.30. The van der Waals surface area contributed by atoms with Gasteiger partial charge < -0.3 is 15.0 Å². The van der Waals surface area contributed by atoms with Crippen molar-refractivity contribution in [1.82, 2.24) is 15.0 Å². The summed E-state index contributed by atoms with van der Waals surface area (Å²) >= 11 is 0. The highest BCUT2D eigenvalue weighted by Crippen LogP contribution is 2.33. The van der Waals surface area contributed by atoms with E-state index in [2.05, 4.69) is 22.0 Å². The molecule has 0 amide bonds. The molecule has 2 heterocycles. The molecule has 1 aromatic heterocycles. The van der Waals surface area contributed by atoms with Crippen LogP contribution < -0.4 is 5.73 Å². The fraction of sp³-hybridized carbons (Fsp3) is 0.846. The van der Waals surface area contributed by atoms with E-state index in [1.165, 1.54) is 0 Å². The molecule has 3 atom stereocenters. The molecule has 0 bridgehead atoms. The Balaban J connectivity index is 1.67. The predicted molar refractivity (Wildman–Crippen MR) is 69.7 cm³/mol. The highest BCUT2D eigenvalue weighted by molar-refractivity contribution is 5.01. The molecule has 1 aliphatic heterocycles. The number of nitrogens with zero attached hydrogens (tertiary/aromatic N) is 3. The summed E-state index contributed by atoms with van der Waals surface area (Å²) in [5.74, 6) is 1.76. The maximum atomic E-state index is 5.93. The Morgan fingerprint density at radius 1 is 1.42 bits per heavy atom. The summed E-state index contributed by atoms with van der Waals surface area (Å²) in [5.41, 5.74) is 5.93. The van der Waals surface area contributed by atoms with Gasteiger partial charge in [-0.05, 0) is 25.8 Å². The fourth-order valence-electron chi connectivity index (χ4n) is 2.93. The molecule has 3 rings (SSSR count). The summed E-state index contributed by atoms with van der Waals surface area (Å²) in [7, 11) is 0. The van der Waals surface area contributed by atoms with E-state index in [-0.39, 0.29) is 12.1 Å². The zero-order valence-corrected chi connectivity index (χ0v) is 11.4. The molecule has 1 saturated carbocycles. The summed E-state index contributed by atoms with van der Waals surface area (Å²) in [6, 6.07) is 0.280. The van der Waals surface area contributed by atoms with Gasteiger partial charge in [0.25, 0.3) is 0 Å². The number of aromatic nitrogens is 2. The summed E-state index contributed by atoms with van der Waals surface area (Å²) in [4.78, 5) is 6.88. The molecular weight excluding hydrogens is 244 g/mol. The SMILES string of the molecule is CCN1CCOC(c2noc([C@@H]3CC[C@H](N)C3)n2)C1. The third-order valence-corrected chi connectivity index (χ3v) is 4.17. The van der Waals surface area contributed by atoms with E-state index in [9.17, 15) is 0 Å². The number of nitrogens with two attached hydrogens (primary N) is 1. The first-order chi connectivity index (χ1) is 9.26. The molecule has 6 heteroatoms. The molecule has 106 valence electrons. The van der Waals surface area contributed by atoms with Crippen molar-refractivity contribution >= 4 is 0 Å². The average molecular weight is 266 g/mol. The molecule has 0 spiro atoms. The Kier molecular flexibility index (Phi) is 3.81. The van der Waals surface area contributed by atoms with E-state index in [1.807, 2.05) is 0 Å². The molecule has 6 nitrogen and oxygen atoms in total. The van der Waals surface area contributed by atoms with Crippen LogP contribution in [0.25, 0.3) is 0 Å². The topological polar surface area (TPSA) is 77.4 Å². The lowest BCUT2D eigenvalue weighted by molar-refractivity contribution is -0.0334. The number of hydrogen-bond acceptors (Lipinski definition) is 6. The molecule has 2 fully saturated rings. The average Bonchev–Trinajstić information content (AvgIpc) is 3.07. The summed E-state index contributed by atoms with van der Waals surface area (Å²) in [5, 5.41) is 4.10. The minimum absolute atomic E-state index is 0.0544. The Morgan fingerprint density at radius 3 is 3.05 bits per heavy atom. The van der Waals surface area contributed by atoms with Crippen LogP contribution in [0, 0.1) is 0 Å². The Morgan fingerprint density at radius 2 is 2.32 bits per heavy atom. The standard InChI is InChI=1S/C13H22N4O2/c1-2-17-5-6-18-11(8-17)12-15-13(19-16-12)9-3-4-10(14)7-9/h9-11H,2-8,14H2,1H3/t9-,10+,11?/m1/s1. The second-order valence-corrected chi connectivity index (χ2v) is 5.51. The van der Waals surface area contributed by atoms with E-state index >= 15 is 0 Å². The van der Waals surface area contributed by atoms with Crippen LogP contribution in [-0.2, 0) is 4.74 Å². The van der Waals surface area contributed by atoms with Gasteiger partial charge in [-0.3, -0.25) is 4.90 Å². The fourth-order valence-corrected chi connectivity index (χ4v) is 2.93. The van der Waals surface area contributed by atoms with Gasteiger partial charge in [0.15, 0.2) is 0 Å². The van der Waals surface area contributed by atoms with Crippen molar-refractivity contribution in [3.8, 4) is 0 Å². The lowest BCUT2D eigenvalue weighted by Crippen LogP contribution is -2.38. The molecular formula is C13H22N4O2. The summed E-state index contributed by atoms with van der Waals surface area (Å²) < 4.78 is 11.1. The van der Waals surface area contributed by atoms with Crippen LogP contribution in [0.3, 0.4) is 0 Å². The molecule has 0 radical (unpaired) electrons. The van der Waals surface area contributed by atoms with Gasteiger partial charge >= 0.3 is 0 Å². The highest BCUT2D eigenvalue weighted by Gasteiger charge is 2.30. The van der Waals surface area contributed by atoms with Crippen LogP contribution in [0.2, 0.25) is 0 Å². The van der Waals surface area contributed by atoms with E-state index in [0.717, 1.165) is 51.4 Å². The lowest BCUT2D eigenvalue weighted by atomic mass is 10.1. The molecule has 1 unspecified atom stereocenters. The van der Waals surface area contributed by atoms with Crippen molar-refractivity contribution in [3.63, 3.8) is 0 Å². The van der Waals surface area contributed by atoms with Crippen molar-refractivity contribution in [3.05, 3.63) is 11.7 Å². The van der Waals surface area contributed by atoms with Gasteiger partial charge in [-0.25, -0.2) is 0 Å². The summed E-state index contributed by atoms with van der Waals surface area (Å²) in [6.45, 7) is 5.75. The number of rotatable bonds is 3. The second kappa shape index (κ2) is 5.56. The largest absolute Gasteiger partial charge is 0.367 e. The molecule has 1 aliphatic carbocycles. The quantitative estimate of drug-likeness (QED) is 0.881. The molecule has 0 aromatic carbocycles. The smallest absolute Gasteiger partial charge is 0.229 e. The van der Waals surface area contributed by atoms with Crippen molar-refractivity contribution in [1.29, 1.82) is 0 Å². The van der Waals surface area contributed by atoms with Crippen molar-refractivity contribution < 1.29 is 9.26 Å². The van der Waals surface area contributed by atoms with E-state index in [0.29, 0.717) is 11.7 Å². The van der Waals surface area contributed by atoms with E-state index in [4.69, 9.17) is 15.0 Å². The molecule has 2 N–H and O–H groups in total. The van der Waals surface area contributed by atoms with Crippen molar-refractivity contribution in [2.75, 3.05) is 26.2 Å².